The molecule has 2 aromatic rings. The van der Waals surface area contributed by atoms with Gasteiger partial charge in [0.2, 0.25) is 0 Å². The van der Waals surface area contributed by atoms with Crippen molar-refractivity contribution in [3.63, 3.8) is 0 Å². The average Bonchev–Trinajstić information content (AvgIpc) is 2.81. The fourth-order valence-corrected chi connectivity index (χ4v) is 2.24. The van der Waals surface area contributed by atoms with Crippen LogP contribution in [-0.2, 0) is 17.8 Å². The first kappa shape index (κ1) is 15.0. The van der Waals surface area contributed by atoms with Crippen molar-refractivity contribution >= 4 is 11.0 Å². The predicted octanol–water partition coefficient (Wildman–Crippen LogP) is 1.54. The summed E-state index contributed by atoms with van der Waals surface area (Å²) in [5, 5.41) is 11.9. The van der Waals surface area contributed by atoms with Crippen molar-refractivity contribution in [2.24, 2.45) is 0 Å². The second-order valence-electron chi connectivity index (χ2n) is 4.68. The fourth-order valence-electron chi connectivity index (χ4n) is 2.24. The van der Waals surface area contributed by atoms with Gasteiger partial charge in [-0.1, -0.05) is 19.1 Å². The summed E-state index contributed by atoms with van der Waals surface area (Å²) in [4.78, 5) is 4.68. The van der Waals surface area contributed by atoms with Gasteiger partial charge in [0.05, 0.1) is 37.4 Å². The largest absolute Gasteiger partial charge is 0.394 e. The van der Waals surface area contributed by atoms with E-state index >= 15 is 0 Å². The van der Waals surface area contributed by atoms with Gasteiger partial charge in [0.25, 0.3) is 0 Å². The number of para-hydroxylation sites is 2. The number of nitrogens with zero attached hydrogens (tertiary/aromatic N) is 2. The summed E-state index contributed by atoms with van der Waals surface area (Å²) >= 11 is 0. The van der Waals surface area contributed by atoms with Gasteiger partial charge in [-0.25, -0.2) is 4.98 Å². The van der Waals surface area contributed by atoms with E-state index in [9.17, 15) is 0 Å². The molecule has 2 N–H and O–H groups in total. The third kappa shape index (κ3) is 3.79. The SMILES string of the molecule is CCCn1c(CNCCOCCO)nc2ccccc21. The summed E-state index contributed by atoms with van der Waals surface area (Å²) in [6.07, 6.45) is 1.09. The molecule has 0 unspecified atom stereocenters. The van der Waals surface area contributed by atoms with E-state index in [4.69, 9.17) is 9.84 Å². The van der Waals surface area contributed by atoms with Crippen molar-refractivity contribution in [2.45, 2.75) is 26.4 Å². The lowest BCUT2D eigenvalue weighted by Gasteiger charge is -2.09. The summed E-state index contributed by atoms with van der Waals surface area (Å²) in [6, 6.07) is 8.24. The molecule has 0 radical (unpaired) electrons. The van der Waals surface area contributed by atoms with Crippen LogP contribution in [0.2, 0.25) is 0 Å². The molecule has 0 bridgehead atoms. The molecule has 5 heteroatoms. The van der Waals surface area contributed by atoms with Crippen LogP contribution >= 0.6 is 0 Å². The quantitative estimate of drug-likeness (QED) is 0.683. The number of hydrogen-bond donors (Lipinski definition) is 2. The van der Waals surface area contributed by atoms with Gasteiger partial charge >= 0.3 is 0 Å². The van der Waals surface area contributed by atoms with E-state index in [0.29, 0.717) is 13.2 Å². The Kier molecular flexibility index (Phi) is 5.98. The van der Waals surface area contributed by atoms with Crippen LogP contribution in [-0.4, -0.2) is 41.0 Å². The third-order valence-corrected chi connectivity index (χ3v) is 3.12. The molecule has 110 valence electrons. The summed E-state index contributed by atoms with van der Waals surface area (Å²) in [5.74, 6) is 1.07. The monoisotopic (exact) mass is 277 g/mol. The molecule has 5 nitrogen and oxygen atoms in total. The van der Waals surface area contributed by atoms with Crippen LogP contribution in [0.1, 0.15) is 19.2 Å². The molecule has 0 aliphatic carbocycles. The van der Waals surface area contributed by atoms with Gasteiger partial charge in [-0.05, 0) is 18.6 Å². The van der Waals surface area contributed by atoms with Crippen LogP contribution < -0.4 is 5.32 Å². The average molecular weight is 277 g/mol. The minimum absolute atomic E-state index is 0.0757. The number of imidazole rings is 1. The third-order valence-electron chi connectivity index (χ3n) is 3.12. The van der Waals surface area contributed by atoms with Crippen LogP contribution in [0.5, 0.6) is 0 Å². The Morgan fingerprint density at radius 3 is 2.95 bits per heavy atom. The zero-order chi connectivity index (χ0) is 14.2. The van der Waals surface area contributed by atoms with E-state index in [1.54, 1.807) is 0 Å². The Bertz CT molecular complexity index is 525. The lowest BCUT2D eigenvalue weighted by molar-refractivity contribution is 0.0937. The maximum atomic E-state index is 8.62. The number of aromatic nitrogens is 2. The molecule has 0 saturated heterocycles. The van der Waals surface area contributed by atoms with E-state index in [2.05, 4.69) is 40.0 Å². The van der Waals surface area contributed by atoms with E-state index in [-0.39, 0.29) is 6.61 Å². The zero-order valence-electron chi connectivity index (χ0n) is 12.0. The van der Waals surface area contributed by atoms with Crippen LogP contribution in [0.3, 0.4) is 0 Å². The number of aliphatic hydroxyl groups excluding tert-OH is 1. The summed E-state index contributed by atoms with van der Waals surface area (Å²) in [5.41, 5.74) is 2.25. The summed E-state index contributed by atoms with van der Waals surface area (Å²) in [7, 11) is 0. The molecule has 0 fully saturated rings. The van der Waals surface area contributed by atoms with Gasteiger partial charge in [-0.3, -0.25) is 0 Å². The number of fused-ring (bicyclic) bond motifs is 1. The van der Waals surface area contributed by atoms with Crippen molar-refractivity contribution in [3.8, 4) is 0 Å². The molecular formula is C15H23N3O2. The van der Waals surface area contributed by atoms with Crippen molar-refractivity contribution in [3.05, 3.63) is 30.1 Å². The molecular weight excluding hydrogens is 254 g/mol. The molecule has 0 spiro atoms. The summed E-state index contributed by atoms with van der Waals surface area (Å²) < 4.78 is 7.49. The maximum absolute atomic E-state index is 8.62. The number of rotatable bonds is 9. The van der Waals surface area contributed by atoms with Crippen molar-refractivity contribution in [1.29, 1.82) is 0 Å². The highest BCUT2D eigenvalue weighted by atomic mass is 16.5. The van der Waals surface area contributed by atoms with Gasteiger partial charge < -0.3 is 19.7 Å². The molecule has 1 aromatic heterocycles. The molecule has 0 atom stereocenters. The molecule has 1 heterocycles. The number of hydrogen-bond acceptors (Lipinski definition) is 4. The highest BCUT2D eigenvalue weighted by Crippen LogP contribution is 2.16. The fraction of sp³-hybridized carbons (Fsp3) is 0.533. The molecule has 0 aliphatic rings. The van der Waals surface area contributed by atoms with Crippen LogP contribution in [0, 0.1) is 0 Å². The standard InChI is InChI=1S/C15H23N3O2/c1-2-8-18-14-6-4-3-5-13(14)17-15(18)12-16-7-10-20-11-9-19/h3-6,16,19H,2,7-12H2,1H3. The minimum atomic E-state index is 0.0757. The maximum Gasteiger partial charge on any atom is 0.123 e. The minimum Gasteiger partial charge on any atom is -0.394 e. The van der Waals surface area contributed by atoms with Gasteiger partial charge in [-0.2, -0.15) is 0 Å². The smallest absolute Gasteiger partial charge is 0.123 e. The molecule has 0 aliphatic heterocycles. The van der Waals surface area contributed by atoms with E-state index < -0.39 is 0 Å². The van der Waals surface area contributed by atoms with E-state index in [0.717, 1.165) is 37.4 Å². The number of benzene rings is 1. The first-order chi connectivity index (χ1) is 9.86. The first-order valence-electron chi connectivity index (χ1n) is 7.20. The molecule has 20 heavy (non-hydrogen) atoms. The molecule has 1 aromatic carbocycles. The van der Waals surface area contributed by atoms with E-state index in [1.807, 2.05) is 6.07 Å². The molecule has 2 rings (SSSR count). The number of aryl methyl sites for hydroxylation is 1. The highest BCUT2D eigenvalue weighted by Gasteiger charge is 2.08. The second-order valence-corrected chi connectivity index (χ2v) is 4.68. The van der Waals surface area contributed by atoms with Gasteiger partial charge in [0.1, 0.15) is 5.82 Å². The Morgan fingerprint density at radius 2 is 2.15 bits per heavy atom. The van der Waals surface area contributed by atoms with Crippen molar-refractivity contribution in [1.82, 2.24) is 14.9 Å². The summed E-state index contributed by atoms with van der Waals surface area (Å²) in [6.45, 7) is 5.73. The Balaban J connectivity index is 1.96. The van der Waals surface area contributed by atoms with Gasteiger partial charge in [0.15, 0.2) is 0 Å². The topological polar surface area (TPSA) is 59.3 Å². The van der Waals surface area contributed by atoms with Crippen LogP contribution in [0.4, 0.5) is 0 Å². The molecule has 0 saturated carbocycles. The lowest BCUT2D eigenvalue weighted by Crippen LogP contribution is -2.22. The first-order valence-corrected chi connectivity index (χ1v) is 7.20. The van der Waals surface area contributed by atoms with Crippen molar-refractivity contribution < 1.29 is 9.84 Å². The highest BCUT2D eigenvalue weighted by molar-refractivity contribution is 5.75. The van der Waals surface area contributed by atoms with Crippen LogP contribution in [0.15, 0.2) is 24.3 Å². The number of nitrogens with one attached hydrogen (secondary N) is 1. The number of aliphatic hydroxyl groups is 1. The molecule has 0 amide bonds. The normalized spacial score (nSPS) is 11.3. The second kappa shape index (κ2) is 7.99. The zero-order valence-corrected chi connectivity index (χ0v) is 12.0. The predicted molar refractivity (Wildman–Crippen MR) is 79.6 cm³/mol. The lowest BCUT2D eigenvalue weighted by atomic mass is 10.3. The Morgan fingerprint density at radius 1 is 1.30 bits per heavy atom. The van der Waals surface area contributed by atoms with E-state index in [1.165, 1.54) is 5.52 Å². The van der Waals surface area contributed by atoms with Crippen LogP contribution in [0.25, 0.3) is 11.0 Å². The Labute approximate surface area is 119 Å². The van der Waals surface area contributed by atoms with Crippen molar-refractivity contribution in [2.75, 3.05) is 26.4 Å². The van der Waals surface area contributed by atoms with Gasteiger partial charge in [-0.15, -0.1) is 0 Å². The number of ether oxygens (including phenoxy) is 1. The van der Waals surface area contributed by atoms with Gasteiger partial charge in [0, 0.05) is 13.1 Å². The Hall–Kier alpha value is -1.43.